The molecule has 1 aromatic carbocycles. The first-order valence-electron chi connectivity index (χ1n) is 8.01. The summed E-state index contributed by atoms with van der Waals surface area (Å²) in [6, 6.07) is 9.82. The minimum atomic E-state index is -0.969. The van der Waals surface area contributed by atoms with Crippen LogP contribution >= 0.6 is 0 Å². The summed E-state index contributed by atoms with van der Waals surface area (Å²) in [6.45, 7) is 5.53. The average molecular weight is 340 g/mol. The van der Waals surface area contributed by atoms with Crippen molar-refractivity contribution in [3.8, 4) is 6.07 Å². The number of nitriles is 1. The topological polar surface area (TPSA) is 97.0 Å². The number of benzene rings is 1. The zero-order chi connectivity index (χ0) is 18.4. The minimum Gasteiger partial charge on any atom is -0.449 e. The molecule has 0 spiro atoms. The maximum atomic E-state index is 12.3. The summed E-state index contributed by atoms with van der Waals surface area (Å²) in [5.74, 6) is -0.504. The summed E-state index contributed by atoms with van der Waals surface area (Å²) in [6.07, 6.45) is 1.51. The van der Waals surface area contributed by atoms with Gasteiger partial charge in [0.25, 0.3) is 5.91 Å². The fourth-order valence-electron chi connectivity index (χ4n) is 2.13. The number of esters is 1. The molecular formula is C18H20N4O3. The van der Waals surface area contributed by atoms with Crippen LogP contribution in [0.4, 0.5) is 5.82 Å². The fourth-order valence-corrected chi connectivity index (χ4v) is 2.13. The van der Waals surface area contributed by atoms with E-state index in [0.29, 0.717) is 11.4 Å². The van der Waals surface area contributed by atoms with Crippen molar-refractivity contribution >= 4 is 17.7 Å². The predicted molar refractivity (Wildman–Crippen MR) is 91.9 cm³/mol. The third-order valence-corrected chi connectivity index (χ3v) is 3.83. The average Bonchev–Trinajstić information content (AvgIpc) is 3.09. The van der Waals surface area contributed by atoms with Crippen LogP contribution in [-0.2, 0) is 9.53 Å². The summed E-state index contributed by atoms with van der Waals surface area (Å²) in [7, 11) is 0. The number of hydrogen-bond acceptors (Lipinski definition) is 5. The van der Waals surface area contributed by atoms with Crippen molar-refractivity contribution in [2.45, 2.75) is 39.3 Å². The summed E-state index contributed by atoms with van der Waals surface area (Å²) in [5, 5.41) is 15.7. The second kappa shape index (κ2) is 8.11. The summed E-state index contributed by atoms with van der Waals surface area (Å²) in [4.78, 5) is 24.3. The molecule has 0 aliphatic heterocycles. The summed E-state index contributed by atoms with van der Waals surface area (Å²) < 4.78 is 6.90. The Morgan fingerprint density at radius 1 is 1.28 bits per heavy atom. The molecule has 130 valence electrons. The molecule has 7 heteroatoms. The Labute approximate surface area is 146 Å². The first-order chi connectivity index (χ1) is 12.0. The number of nitrogens with zero attached hydrogens (tertiary/aromatic N) is 3. The third-order valence-electron chi connectivity index (χ3n) is 3.83. The fraction of sp³-hybridized carbons (Fsp3) is 0.333. The highest BCUT2D eigenvalue weighted by Gasteiger charge is 2.21. The lowest BCUT2D eigenvalue weighted by Crippen LogP contribution is -2.31. The Balaban J connectivity index is 1.99. The van der Waals surface area contributed by atoms with Crippen LogP contribution in [0.15, 0.2) is 36.5 Å². The van der Waals surface area contributed by atoms with E-state index in [9.17, 15) is 9.59 Å². The van der Waals surface area contributed by atoms with E-state index in [4.69, 9.17) is 10.00 Å². The molecule has 7 nitrogen and oxygen atoms in total. The van der Waals surface area contributed by atoms with Gasteiger partial charge in [0, 0.05) is 6.07 Å². The number of rotatable bonds is 6. The highest BCUT2D eigenvalue weighted by Crippen LogP contribution is 2.17. The number of aromatic nitrogens is 2. The molecule has 25 heavy (non-hydrogen) atoms. The van der Waals surface area contributed by atoms with E-state index in [1.165, 1.54) is 31.2 Å². The standard InChI is InChI=1S/C18H20N4O3/c1-4-12(2)22-16(9-10-20-22)21-17(23)13(3)25-18(24)15-7-5-14(11-19)6-8-15/h5-10,12-13H,4H2,1-3H3,(H,21,23)/t12-,13+/m1/s1. The zero-order valence-electron chi connectivity index (χ0n) is 14.4. The van der Waals surface area contributed by atoms with Gasteiger partial charge in [-0.05, 0) is 44.5 Å². The second-order valence-electron chi connectivity index (χ2n) is 5.64. The van der Waals surface area contributed by atoms with Gasteiger partial charge in [0.2, 0.25) is 0 Å². The molecule has 2 rings (SSSR count). The van der Waals surface area contributed by atoms with Crippen LogP contribution in [0.2, 0.25) is 0 Å². The number of nitrogens with one attached hydrogen (secondary N) is 1. The first-order valence-corrected chi connectivity index (χ1v) is 8.01. The van der Waals surface area contributed by atoms with Crippen LogP contribution in [0.3, 0.4) is 0 Å². The molecule has 0 aliphatic rings. The highest BCUT2D eigenvalue weighted by molar-refractivity contribution is 5.96. The van der Waals surface area contributed by atoms with Crippen molar-refractivity contribution in [1.82, 2.24) is 9.78 Å². The Morgan fingerprint density at radius 3 is 2.56 bits per heavy atom. The number of ether oxygens (including phenoxy) is 1. The van der Waals surface area contributed by atoms with Gasteiger partial charge in [-0.2, -0.15) is 10.4 Å². The summed E-state index contributed by atoms with van der Waals surface area (Å²) >= 11 is 0. The van der Waals surface area contributed by atoms with Crippen molar-refractivity contribution in [2.75, 3.05) is 5.32 Å². The lowest BCUT2D eigenvalue weighted by Gasteiger charge is -2.17. The van der Waals surface area contributed by atoms with Gasteiger partial charge in [-0.3, -0.25) is 4.79 Å². The normalized spacial score (nSPS) is 12.7. The molecule has 0 saturated carbocycles. The van der Waals surface area contributed by atoms with Gasteiger partial charge >= 0.3 is 5.97 Å². The van der Waals surface area contributed by atoms with E-state index in [0.717, 1.165) is 6.42 Å². The van der Waals surface area contributed by atoms with Crippen LogP contribution in [0.25, 0.3) is 0 Å². The number of carbonyl (C=O) groups excluding carboxylic acids is 2. The molecular weight excluding hydrogens is 320 g/mol. The number of carbonyl (C=O) groups is 2. The van der Waals surface area contributed by atoms with Gasteiger partial charge in [0.1, 0.15) is 5.82 Å². The lowest BCUT2D eigenvalue weighted by molar-refractivity contribution is -0.123. The Bertz CT molecular complexity index is 789. The van der Waals surface area contributed by atoms with Gasteiger partial charge in [0.15, 0.2) is 6.10 Å². The highest BCUT2D eigenvalue weighted by atomic mass is 16.5. The van der Waals surface area contributed by atoms with Crippen molar-refractivity contribution in [1.29, 1.82) is 5.26 Å². The largest absolute Gasteiger partial charge is 0.449 e. The van der Waals surface area contributed by atoms with Crippen LogP contribution in [0.5, 0.6) is 0 Å². The number of anilines is 1. The Morgan fingerprint density at radius 2 is 1.96 bits per heavy atom. The van der Waals surface area contributed by atoms with E-state index < -0.39 is 18.0 Å². The van der Waals surface area contributed by atoms with Crippen LogP contribution in [0, 0.1) is 11.3 Å². The van der Waals surface area contributed by atoms with Crippen LogP contribution < -0.4 is 5.32 Å². The molecule has 0 aliphatic carbocycles. The molecule has 1 heterocycles. The van der Waals surface area contributed by atoms with Crippen molar-refractivity contribution in [2.24, 2.45) is 0 Å². The number of amides is 1. The maximum Gasteiger partial charge on any atom is 0.338 e. The van der Waals surface area contributed by atoms with Gasteiger partial charge in [0.05, 0.1) is 29.4 Å². The van der Waals surface area contributed by atoms with E-state index in [-0.39, 0.29) is 11.6 Å². The molecule has 2 atom stereocenters. The van der Waals surface area contributed by atoms with Gasteiger partial charge in [-0.1, -0.05) is 6.92 Å². The molecule has 1 amide bonds. The summed E-state index contributed by atoms with van der Waals surface area (Å²) in [5.41, 5.74) is 0.726. The second-order valence-corrected chi connectivity index (χ2v) is 5.64. The Hall–Kier alpha value is -3.14. The van der Waals surface area contributed by atoms with Gasteiger partial charge in [-0.15, -0.1) is 0 Å². The molecule has 0 radical (unpaired) electrons. The zero-order valence-corrected chi connectivity index (χ0v) is 14.4. The molecule has 0 saturated heterocycles. The molecule has 2 aromatic rings. The first kappa shape index (κ1) is 18.2. The smallest absolute Gasteiger partial charge is 0.338 e. The Kier molecular flexibility index (Phi) is 5.90. The van der Waals surface area contributed by atoms with Crippen molar-refractivity contribution in [3.63, 3.8) is 0 Å². The molecule has 0 unspecified atom stereocenters. The maximum absolute atomic E-state index is 12.3. The van der Waals surface area contributed by atoms with E-state index in [1.807, 2.05) is 19.9 Å². The SMILES string of the molecule is CC[C@@H](C)n1nccc1NC(=O)[C@H](C)OC(=O)c1ccc(C#N)cc1. The van der Waals surface area contributed by atoms with Crippen LogP contribution in [-0.4, -0.2) is 27.8 Å². The predicted octanol–water partition coefficient (Wildman–Crippen LogP) is 2.91. The lowest BCUT2D eigenvalue weighted by atomic mass is 10.1. The van der Waals surface area contributed by atoms with Crippen molar-refractivity contribution < 1.29 is 14.3 Å². The van der Waals surface area contributed by atoms with Gasteiger partial charge in [-0.25, -0.2) is 9.48 Å². The molecule has 1 N–H and O–H groups in total. The van der Waals surface area contributed by atoms with E-state index >= 15 is 0 Å². The minimum absolute atomic E-state index is 0.141. The molecule has 0 fully saturated rings. The van der Waals surface area contributed by atoms with Gasteiger partial charge < -0.3 is 10.1 Å². The molecule has 1 aromatic heterocycles. The van der Waals surface area contributed by atoms with Crippen molar-refractivity contribution in [3.05, 3.63) is 47.7 Å². The monoisotopic (exact) mass is 340 g/mol. The van der Waals surface area contributed by atoms with E-state index in [2.05, 4.69) is 10.4 Å². The quantitative estimate of drug-likeness (QED) is 0.816. The third kappa shape index (κ3) is 4.44. The van der Waals surface area contributed by atoms with Crippen LogP contribution in [0.1, 0.15) is 49.2 Å². The molecule has 0 bridgehead atoms. The van der Waals surface area contributed by atoms with E-state index in [1.54, 1.807) is 16.9 Å². The number of hydrogen-bond donors (Lipinski definition) is 1.